The third kappa shape index (κ3) is 2.98. The monoisotopic (exact) mass is 226 g/mol. The van der Waals surface area contributed by atoms with E-state index in [0.717, 1.165) is 26.2 Å². The Kier molecular flexibility index (Phi) is 3.69. The minimum atomic E-state index is 0.376. The molecule has 0 amide bonds. The van der Waals surface area contributed by atoms with Crippen LogP contribution in [0.1, 0.15) is 17.8 Å². The first-order valence-electron chi connectivity index (χ1n) is 5.34. The molecule has 84 valence electrons. The van der Waals surface area contributed by atoms with Crippen LogP contribution in [0.5, 0.6) is 0 Å². The van der Waals surface area contributed by atoms with E-state index in [1.165, 1.54) is 4.88 Å². The molecule has 5 heteroatoms. The van der Waals surface area contributed by atoms with E-state index in [9.17, 15) is 0 Å². The van der Waals surface area contributed by atoms with E-state index in [-0.39, 0.29) is 0 Å². The number of hydrogen-bond acceptors (Lipinski definition) is 5. The molecule has 1 unspecified atom stereocenters. The highest BCUT2D eigenvalue weighted by atomic mass is 32.1. The fourth-order valence-electron chi connectivity index (χ4n) is 1.71. The number of hydrogen-bond donors (Lipinski definition) is 1. The molecule has 0 bridgehead atoms. The van der Waals surface area contributed by atoms with Crippen LogP contribution in [0.3, 0.4) is 0 Å². The molecule has 0 aliphatic carbocycles. The Labute approximate surface area is 94.9 Å². The Hall–Kier alpha value is -0.490. The molecule has 1 N–H and O–H groups in total. The van der Waals surface area contributed by atoms with Crippen molar-refractivity contribution in [2.45, 2.75) is 13.0 Å². The topological polar surface area (TPSA) is 31.4 Å². The average molecular weight is 226 g/mol. The van der Waals surface area contributed by atoms with E-state index >= 15 is 0 Å². The first kappa shape index (κ1) is 11.0. The second kappa shape index (κ2) is 5.03. The molecule has 0 spiro atoms. The minimum absolute atomic E-state index is 0.376. The molecule has 1 aliphatic rings. The van der Waals surface area contributed by atoms with Crippen molar-refractivity contribution in [1.82, 2.24) is 20.3 Å². The van der Waals surface area contributed by atoms with Gasteiger partial charge in [-0.3, -0.25) is 4.98 Å². The van der Waals surface area contributed by atoms with E-state index < -0.39 is 0 Å². The first-order chi connectivity index (χ1) is 7.25. The summed E-state index contributed by atoms with van der Waals surface area (Å²) in [5.74, 6) is 0. The van der Waals surface area contributed by atoms with Gasteiger partial charge in [0.25, 0.3) is 0 Å². The molecule has 1 aliphatic heterocycles. The Morgan fingerprint density at radius 2 is 2.13 bits per heavy atom. The normalized spacial score (nSPS) is 21.7. The van der Waals surface area contributed by atoms with Crippen LogP contribution < -0.4 is 5.43 Å². The number of piperazine rings is 1. The third-order valence-corrected chi connectivity index (χ3v) is 3.72. The zero-order valence-electron chi connectivity index (χ0n) is 9.31. The zero-order valence-corrected chi connectivity index (χ0v) is 10.1. The summed E-state index contributed by atoms with van der Waals surface area (Å²) in [6.07, 6.45) is 1.94. The lowest BCUT2D eigenvalue weighted by Gasteiger charge is -2.34. The van der Waals surface area contributed by atoms with Crippen molar-refractivity contribution in [1.29, 1.82) is 0 Å². The molecular weight excluding hydrogens is 208 g/mol. The predicted molar refractivity (Wildman–Crippen MR) is 62.7 cm³/mol. The molecule has 1 aromatic rings. The minimum Gasteiger partial charge on any atom is -0.304 e. The van der Waals surface area contributed by atoms with Crippen LogP contribution in [0.2, 0.25) is 0 Å². The van der Waals surface area contributed by atoms with Crippen molar-refractivity contribution in [2.75, 3.05) is 33.2 Å². The maximum Gasteiger partial charge on any atom is 0.0794 e. The van der Waals surface area contributed by atoms with Crippen molar-refractivity contribution in [3.63, 3.8) is 0 Å². The van der Waals surface area contributed by atoms with Gasteiger partial charge in [-0.1, -0.05) is 0 Å². The van der Waals surface area contributed by atoms with Gasteiger partial charge in [0, 0.05) is 37.3 Å². The zero-order chi connectivity index (χ0) is 10.7. The molecular formula is C10H18N4S. The van der Waals surface area contributed by atoms with Crippen molar-refractivity contribution >= 4 is 11.3 Å². The fourth-order valence-corrected chi connectivity index (χ4v) is 2.33. The quantitative estimate of drug-likeness (QED) is 0.832. The van der Waals surface area contributed by atoms with Crippen LogP contribution in [0, 0.1) is 0 Å². The van der Waals surface area contributed by atoms with Crippen LogP contribution >= 0.6 is 11.3 Å². The number of hydrazine groups is 1. The smallest absolute Gasteiger partial charge is 0.0794 e. The van der Waals surface area contributed by atoms with E-state index in [0.29, 0.717) is 6.04 Å². The van der Waals surface area contributed by atoms with Crippen LogP contribution in [0.25, 0.3) is 0 Å². The molecule has 1 atom stereocenters. The van der Waals surface area contributed by atoms with Gasteiger partial charge in [0.2, 0.25) is 0 Å². The number of likely N-dealkylation sites (N-methyl/N-ethyl adjacent to an activating group) is 1. The van der Waals surface area contributed by atoms with Crippen molar-refractivity contribution in [3.05, 3.63) is 16.6 Å². The van der Waals surface area contributed by atoms with Gasteiger partial charge in [-0.05, 0) is 14.0 Å². The highest BCUT2D eigenvalue weighted by Gasteiger charge is 2.16. The van der Waals surface area contributed by atoms with Crippen molar-refractivity contribution < 1.29 is 0 Å². The molecule has 0 saturated carbocycles. The summed E-state index contributed by atoms with van der Waals surface area (Å²) in [6, 6.07) is 0.376. The molecule has 15 heavy (non-hydrogen) atoms. The number of nitrogens with one attached hydrogen (secondary N) is 1. The van der Waals surface area contributed by atoms with Gasteiger partial charge in [-0.15, -0.1) is 11.3 Å². The summed E-state index contributed by atoms with van der Waals surface area (Å²) in [5, 5.41) is 2.31. The van der Waals surface area contributed by atoms with Gasteiger partial charge < -0.3 is 4.90 Å². The molecule has 0 radical (unpaired) electrons. The lowest BCUT2D eigenvalue weighted by Crippen LogP contribution is -2.51. The lowest BCUT2D eigenvalue weighted by atomic mass is 10.3. The van der Waals surface area contributed by atoms with E-state index in [4.69, 9.17) is 0 Å². The fraction of sp³-hybridized carbons (Fsp3) is 0.700. The van der Waals surface area contributed by atoms with Crippen LogP contribution in [0.15, 0.2) is 11.7 Å². The van der Waals surface area contributed by atoms with Gasteiger partial charge in [0.1, 0.15) is 0 Å². The van der Waals surface area contributed by atoms with E-state index in [1.807, 2.05) is 11.7 Å². The molecule has 2 heterocycles. The number of thiazole rings is 1. The van der Waals surface area contributed by atoms with E-state index in [2.05, 4.69) is 34.3 Å². The molecule has 1 aromatic heterocycles. The Morgan fingerprint density at radius 3 is 2.73 bits per heavy atom. The van der Waals surface area contributed by atoms with Crippen LogP contribution in [0.4, 0.5) is 0 Å². The Morgan fingerprint density at radius 1 is 1.40 bits per heavy atom. The molecule has 4 nitrogen and oxygen atoms in total. The molecule has 0 aromatic carbocycles. The second-order valence-electron chi connectivity index (χ2n) is 4.04. The van der Waals surface area contributed by atoms with Gasteiger partial charge in [0.05, 0.1) is 11.6 Å². The summed E-state index contributed by atoms with van der Waals surface area (Å²) in [5.41, 5.74) is 5.41. The molecule has 1 saturated heterocycles. The Bertz CT molecular complexity index is 280. The maximum absolute atomic E-state index is 4.10. The van der Waals surface area contributed by atoms with Gasteiger partial charge in [-0.2, -0.15) is 0 Å². The van der Waals surface area contributed by atoms with Gasteiger partial charge in [0.15, 0.2) is 0 Å². The summed E-state index contributed by atoms with van der Waals surface area (Å²) < 4.78 is 0. The van der Waals surface area contributed by atoms with Crippen LogP contribution in [-0.4, -0.2) is 48.1 Å². The summed E-state index contributed by atoms with van der Waals surface area (Å²) in [7, 11) is 2.17. The molecule has 1 fully saturated rings. The lowest BCUT2D eigenvalue weighted by molar-refractivity contribution is 0.0904. The van der Waals surface area contributed by atoms with Gasteiger partial charge in [-0.25, -0.2) is 10.4 Å². The van der Waals surface area contributed by atoms with Crippen molar-refractivity contribution in [3.8, 4) is 0 Å². The number of rotatable bonds is 3. The number of aromatic nitrogens is 1. The summed E-state index contributed by atoms with van der Waals surface area (Å²) >= 11 is 1.71. The average Bonchev–Trinajstić information content (AvgIpc) is 2.74. The van der Waals surface area contributed by atoms with Crippen LogP contribution in [-0.2, 0) is 0 Å². The highest BCUT2D eigenvalue weighted by Crippen LogP contribution is 2.16. The SMILES string of the molecule is CC(NN1CCN(C)CC1)c1cncs1. The third-order valence-electron chi connectivity index (χ3n) is 2.76. The standard InChI is InChI=1S/C10H18N4S/c1-9(10-7-11-8-15-10)12-14-5-3-13(2)4-6-14/h7-9,12H,3-6H2,1-2H3. The van der Waals surface area contributed by atoms with E-state index in [1.54, 1.807) is 11.3 Å². The highest BCUT2D eigenvalue weighted by molar-refractivity contribution is 7.09. The maximum atomic E-state index is 4.10. The first-order valence-corrected chi connectivity index (χ1v) is 6.21. The van der Waals surface area contributed by atoms with Crippen molar-refractivity contribution in [2.24, 2.45) is 0 Å². The summed E-state index contributed by atoms with van der Waals surface area (Å²) in [6.45, 7) is 6.66. The largest absolute Gasteiger partial charge is 0.304 e. The second-order valence-corrected chi connectivity index (χ2v) is 4.96. The van der Waals surface area contributed by atoms with Gasteiger partial charge >= 0.3 is 0 Å². The molecule has 2 rings (SSSR count). The number of nitrogens with zero attached hydrogens (tertiary/aromatic N) is 3. The summed E-state index contributed by atoms with van der Waals surface area (Å²) in [4.78, 5) is 7.76. The Balaban J connectivity index is 1.82. The predicted octanol–water partition coefficient (Wildman–Crippen LogP) is 0.956.